The molecule has 0 aromatic heterocycles. The van der Waals surface area contributed by atoms with E-state index in [0.29, 0.717) is 13.0 Å². The smallest absolute Gasteiger partial charge is 0.226 e. The van der Waals surface area contributed by atoms with Gasteiger partial charge < -0.3 is 9.47 Å². The molecule has 2 atom stereocenters. The van der Waals surface area contributed by atoms with E-state index < -0.39 is 5.79 Å². The molecule has 0 aromatic carbocycles. The first-order chi connectivity index (χ1) is 6.56. The Labute approximate surface area is 84.8 Å². The fraction of sp³-hybridized carbons (Fsp3) is 0.909. The summed E-state index contributed by atoms with van der Waals surface area (Å²) in [7, 11) is 0. The second-order valence-corrected chi connectivity index (χ2v) is 4.54. The van der Waals surface area contributed by atoms with Crippen molar-refractivity contribution in [1.29, 1.82) is 0 Å². The Kier molecular flexibility index (Phi) is 2.20. The van der Waals surface area contributed by atoms with E-state index in [0.717, 1.165) is 12.8 Å². The number of hydrogen-bond donors (Lipinski definition) is 0. The normalized spacial score (nSPS) is 40.2. The number of rotatable bonds is 2. The SMILES string of the molecule is CCC1(CC)CO[C@]2(C)O[C@H]1CC2=O. The van der Waals surface area contributed by atoms with Crippen molar-refractivity contribution in [2.45, 2.75) is 51.9 Å². The van der Waals surface area contributed by atoms with Gasteiger partial charge in [-0.3, -0.25) is 4.79 Å². The van der Waals surface area contributed by atoms with E-state index in [1.54, 1.807) is 6.92 Å². The molecule has 0 saturated carbocycles. The molecular weight excluding hydrogens is 180 g/mol. The van der Waals surface area contributed by atoms with Crippen molar-refractivity contribution in [3.05, 3.63) is 0 Å². The van der Waals surface area contributed by atoms with Crippen LogP contribution in [0.2, 0.25) is 0 Å². The van der Waals surface area contributed by atoms with E-state index in [9.17, 15) is 4.79 Å². The van der Waals surface area contributed by atoms with Gasteiger partial charge in [-0.1, -0.05) is 13.8 Å². The average Bonchev–Trinajstić information content (AvgIpc) is 2.42. The molecule has 2 aliphatic rings. The molecule has 0 N–H and O–H groups in total. The third kappa shape index (κ3) is 1.15. The molecule has 0 unspecified atom stereocenters. The van der Waals surface area contributed by atoms with E-state index >= 15 is 0 Å². The average molecular weight is 198 g/mol. The Morgan fingerprint density at radius 1 is 1.43 bits per heavy atom. The Morgan fingerprint density at radius 2 is 2.07 bits per heavy atom. The number of carbonyl (C=O) groups is 1. The third-order valence-electron chi connectivity index (χ3n) is 3.97. The molecule has 3 nitrogen and oxygen atoms in total. The van der Waals surface area contributed by atoms with Gasteiger partial charge in [0.25, 0.3) is 0 Å². The van der Waals surface area contributed by atoms with E-state index in [2.05, 4.69) is 13.8 Å². The zero-order valence-electron chi connectivity index (χ0n) is 9.13. The van der Waals surface area contributed by atoms with Gasteiger partial charge in [0, 0.05) is 11.8 Å². The van der Waals surface area contributed by atoms with Gasteiger partial charge in [-0.05, 0) is 19.8 Å². The van der Waals surface area contributed by atoms with E-state index in [-0.39, 0.29) is 17.3 Å². The van der Waals surface area contributed by atoms with Gasteiger partial charge in [0.15, 0.2) is 5.78 Å². The van der Waals surface area contributed by atoms with Crippen LogP contribution in [0.4, 0.5) is 0 Å². The zero-order valence-corrected chi connectivity index (χ0v) is 9.13. The van der Waals surface area contributed by atoms with Crippen LogP contribution in [0.1, 0.15) is 40.0 Å². The summed E-state index contributed by atoms with van der Waals surface area (Å²) >= 11 is 0. The quantitative estimate of drug-likeness (QED) is 0.679. The molecule has 0 radical (unpaired) electrons. The van der Waals surface area contributed by atoms with Crippen molar-refractivity contribution >= 4 is 5.78 Å². The molecule has 80 valence electrons. The van der Waals surface area contributed by atoms with Gasteiger partial charge in [0.2, 0.25) is 5.79 Å². The van der Waals surface area contributed by atoms with Crippen molar-refractivity contribution in [2.24, 2.45) is 5.41 Å². The predicted octanol–water partition coefficient (Wildman–Crippen LogP) is 1.90. The molecule has 2 heterocycles. The number of hydrogen-bond acceptors (Lipinski definition) is 3. The summed E-state index contributed by atoms with van der Waals surface area (Å²) in [6, 6.07) is 0. The van der Waals surface area contributed by atoms with Crippen LogP contribution in [-0.2, 0) is 14.3 Å². The number of ether oxygens (including phenoxy) is 2. The van der Waals surface area contributed by atoms with Crippen LogP contribution >= 0.6 is 0 Å². The van der Waals surface area contributed by atoms with E-state index in [1.807, 2.05) is 0 Å². The minimum absolute atomic E-state index is 0.0612. The topological polar surface area (TPSA) is 35.5 Å². The highest BCUT2D eigenvalue weighted by molar-refractivity contribution is 5.88. The Morgan fingerprint density at radius 3 is 2.64 bits per heavy atom. The summed E-state index contributed by atoms with van der Waals surface area (Å²) in [4.78, 5) is 11.6. The standard InChI is InChI=1S/C11H18O3/c1-4-11(5-2)7-13-10(3)8(12)6-9(11)14-10/h9H,4-7H2,1-3H3/t9-,10+/m0/s1. The van der Waals surface area contributed by atoms with Gasteiger partial charge in [0.1, 0.15) is 0 Å². The summed E-state index contributed by atoms with van der Waals surface area (Å²) < 4.78 is 11.3. The first kappa shape index (κ1) is 10.1. The Hall–Kier alpha value is -0.410. The van der Waals surface area contributed by atoms with Crippen LogP contribution in [0.3, 0.4) is 0 Å². The number of Topliss-reactive ketones (excluding diaryl/α,β-unsaturated/α-hetero) is 1. The lowest BCUT2D eigenvalue weighted by Crippen LogP contribution is -2.49. The second-order valence-electron chi connectivity index (χ2n) is 4.54. The molecule has 3 heteroatoms. The molecule has 2 rings (SSSR count). The van der Waals surface area contributed by atoms with E-state index in [1.165, 1.54) is 0 Å². The highest BCUT2D eigenvalue weighted by Gasteiger charge is 2.57. The molecular formula is C11H18O3. The van der Waals surface area contributed by atoms with Crippen molar-refractivity contribution in [2.75, 3.05) is 6.61 Å². The van der Waals surface area contributed by atoms with Gasteiger partial charge in [-0.2, -0.15) is 0 Å². The minimum atomic E-state index is -0.932. The van der Waals surface area contributed by atoms with E-state index in [4.69, 9.17) is 9.47 Å². The fourth-order valence-electron chi connectivity index (χ4n) is 2.47. The molecule has 2 bridgehead atoms. The van der Waals surface area contributed by atoms with Crippen molar-refractivity contribution < 1.29 is 14.3 Å². The minimum Gasteiger partial charge on any atom is -0.343 e. The zero-order chi connectivity index (χ0) is 10.4. The third-order valence-corrected chi connectivity index (χ3v) is 3.97. The summed E-state index contributed by atoms with van der Waals surface area (Å²) in [5.41, 5.74) is 0.0612. The highest BCUT2D eigenvalue weighted by Crippen LogP contribution is 2.47. The molecule has 0 aromatic rings. The lowest BCUT2D eigenvalue weighted by Gasteiger charge is -2.43. The molecule has 2 aliphatic heterocycles. The number of ketones is 1. The molecule has 2 saturated heterocycles. The Balaban J connectivity index is 2.26. The number of carbonyl (C=O) groups excluding carboxylic acids is 1. The van der Waals surface area contributed by atoms with Crippen molar-refractivity contribution in [3.8, 4) is 0 Å². The van der Waals surface area contributed by atoms with Crippen molar-refractivity contribution in [1.82, 2.24) is 0 Å². The first-order valence-corrected chi connectivity index (χ1v) is 5.41. The molecule has 2 fully saturated rings. The summed E-state index contributed by atoms with van der Waals surface area (Å²) in [5, 5.41) is 0. The van der Waals surface area contributed by atoms with Gasteiger partial charge in [-0.25, -0.2) is 0 Å². The van der Waals surface area contributed by atoms with Crippen LogP contribution in [0.15, 0.2) is 0 Å². The van der Waals surface area contributed by atoms with Gasteiger partial charge >= 0.3 is 0 Å². The molecule has 0 amide bonds. The van der Waals surface area contributed by atoms with Gasteiger partial charge in [-0.15, -0.1) is 0 Å². The van der Waals surface area contributed by atoms with Crippen LogP contribution in [-0.4, -0.2) is 24.3 Å². The second kappa shape index (κ2) is 3.04. The molecule has 0 aliphatic carbocycles. The largest absolute Gasteiger partial charge is 0.343 e. The monoisotopic (exact) mass is 198 g/mol. The number of fused-ring (bicyclic) bond motifs is 2. The Bertz CT molecular complexity index is 257. The maximum absolute atomic E-state index is 11.6. The highest BCUT2D eigenvalue weighted by atomic mass is 16.7. The van der Waals surface area contributed by atoms with Crippen LogP contribution in [0, 0.1) is 5.41 Å². The summed E-state index contributed by atoms with van der Waals surface area (Å²) in [6.07, 6.45) is 2.62. The fourth-order valence-corrected chi connectivity index (χ4v) is 2.47. The van der Waals surface area contributed by atoms with Crippen LogP contribution in [0.5, 0.6) is 0 Å². The molecule has 0 spiro atoms. The maximum atomic E-state index is 11.6. The first-order valence-electron chi connectivity index (χ1n) is 5.41. The van der Waals surface area contributed by atoms with Gasteiger partial charge in [0.05, 0.1) is 12.7 Å². The predicted molar refractivity (Wildman–Crippen MR) is 51.9 cm³/mol. The van der Waals surface area contributed by atoms with Crippen molar-refractivity contribution in [3.63, 3.8) is 0 Å². The maximum Gasteiger partial charge on any atom is 0.226 e. The lowest BCUT2D eigenvalue weighted by atomic mass is 9.77. The lowest BCUT2D eigenvalue weighted by molar-refractivity contribution is -0.283. The van der Waals surface area contributed by atoms with Crippen LogP contribution < -0.4 is 0 Å². The van der Waals surface area contributed by atoms with Crippen LogP contribution in [0.25, 0.3) is 0 Å². The summed E-state index contributed by atoms with van der Waals surface area (Å²) in [5.74, 6) is -0.829. The summed E-state index contributed by atoms with van der Waals surface area (Å²) in [6.45, 7) is 6.68. The molecule has 14 heavy (non-hydrogen) atoms.